The van der Waals surface area contributed by atoms with Gasteiger partial charge in [-0.1, -0.05) is 24.3 Å². The van der Waals surface area contributed by atoms with E-state index in [1.165, 1.54) is 11.1 Å². The molecule has 156 valence electrons. The van der Waals surface area contributed by atoms with Gasteiger partial charge in [-0.25, -0.2) is 4.68 Å². The van der Waals surface area contributed by atoms with Crippen molar-refractivity contribution in [1.82, 2.24) is 20.0 Å². The van der Waals surface area contributed by atoms with E-state index in [9.17, 15) is 4.79 Å². The van der Waals surface area contributed by atoms with Crippen molar-refractivity contribution < 1.29 is 4.79 Å². The SMILES string of the molecule is Cc1cc(C)n(-c2ccc(C(=O)NCC(C)(C)N3CCc4ccccc4C3)cc2)n1. The first kappa shape index (κ1) is 20.4. The topological polar surface area (TPSA) is 50.2 Å². The first-order chi connectivity index (χ1) is 14.3. The molecule has 0 fully saturated rings. The summed E-state index contributed by atoms with van der Waals surface area (Å²) in [6.07, 6.45) is 1.06. The quantitative estimate of drug-likeness (QED) is 0.700. The zero-order valence-electron chi connectivity index (χ0n) is 18.3. The molecule has 0 radical (unpaired) electrons. The van der Waals surface area contributed by atoms with E-state index in [2.05, 4.69) is 53.4 Å². The third kappa shape index (κ3) is 4.17. The number of nitrogens with zero attached hydrogens (tertiary/aromatic N) is 3. The maximum atomic E-state index is 12.7. The molecule has 1 aliphatic heterocycles. The van der Waals surface area contributed by atoms with E-state index in [-0.39, 0.29) is 11.4 Å². The van der Waals surface area contributed by atoms with Crippen molar-refractivity contribution in [3.63, 3.8) is 0 Å². The molecule has 0 atom stereocenters. The number of aromatic nitrogens is 2. The molecule has 3 aromatic rings. The van der Waals surface area contributed by atoms with Gasteiger partial charge < -0.3 is 5.32 Å². The van der Waals surface area contributed by atoms with Gasteiger partial charge in [0.25, 0.3) is 5.91 Å². The molecule has 2 heterocycles. The fraction of sp³-hybridized carbons (Fsp3) is 0.360. The molecule has 0 unspecified atom stereocenters. The van der Waals surface area contributed by atoms with E-state index in [1.54, 1.807) is 0 Å². The highest BCUT2D eigenvalue weighted by molar-refractivity contribution is 5.94. The number of aryl methyl sites for hydroxylation is 2. The largest absolute Gasteiger partial charge is 0.350 e. The van der Waals surface area contributed by atoms with Gasteiger partial charge in [0.2, 0.25) is 0 Å². The lowest BCUT2D eigenvalue weighted by molar-refractivity contribution is 0.0826. The second-order valence-electron chi connectivity index (χ2n) is 8.82. The molecule has 5 heteroatoms. The summed E-state index contributed by atoms with van der Waals surface area (Å²) >= 11 is 0. The maximum absolute atomic E-state index is 12.7. The highest BCUT2D eigenvalue weighted by Gasteiger charge is 2.30. The Balaban J connectivity index is 1.39. The van der Waals surface area contributed by atoms with E-state index in [0.29, 0.717) is 12.1 Å². The fourth-order valence-electron chi connectivity index (χ4n) is 4.17. The summed E-state index contributed by atoms with van der Waals surface area (Å²) < 4.78 is 1.90. The molecule has 30 heavy (non-hydrogen) atoms. The van der Waals surface area contributed by atoms with Gasteiger partial charge >= 0.3 is 0 Å². The van der Waals surface area contributed by atoms with Crippen LogP contribution < -0.4 is 5.32 Å². The molecule has 0 saturated carbocycles. The average Bonchev–Trinajstić information content (AvgIpc) is 3.09. The molecular weight excluding hydrogens is 372 g/mol. The van der Waals surface area contributed by atoms with Crippen LogP contribution in [0.15, 0.2) is 54.6 Å². The smallest absolute Gasteiger partial charge is 0.251 e. The molecule has 0 spiro atoms. The number of carbonyl (C=O) groups is 1. The minimum atomic E-state index is -0.118. The van der Waals surface area contributed by atoms with Gasteiger partial charge in [-0.15, -0.1) is 0 Å². The summed E-state index contributed by atoms with van der Waals surface area (Å²) in [6.45, 7) is 11.0. The molecule has 1 amide bonds. The number of hydrogen-bond acceptors (Lipinski definition) is 3. The maximum Gasteiger partial charge on any atom is 0.251 e. The van der Waals surface area contributed by atoms with Crippen molar-refractivity contribution in [2.45, 2.75) is 46.2 Å². The average molecular weight is 403 g/mol. The minimum Gasteiger partial charge on any atom is -0.350 e. The van der Waals surface area contributed by atoms with Crippen LogP contribution in [0.5, 0.6) is 0 Å². The molecule has 0 aliphatic carbocycles. The Labute approximate surface area is 178 Å². The molecule has 0 saturated heterocycles. The van der Waals surface area contributed by atoms with Crippen molar-refractivity contribution in [3.05, 3.63) is 82.7 Å². The number of hydrogen-bond donors (Lipinski definition) is 1. The van der Waals surface area contributed by atoms with Crippen LogP contribution in [0.4, 0.5) is 0 Å². The van der Waals surface area contributed by atoms with Gasteiger partial charge in [0.15, 0.2) is 0 Å². The number of amides is 1. The molecule has 4 rings (SSSR count). The lowest BCUT2D eigenvalue weighted by Gasteiger charge is -2.41. The Hall–Kier alpha value is -2.92. The van der Waals surface area contributed by atoms with Crippen LogP contribution in [-0.2, 0) is 13.0 Å². The van der Waals surface area contributed by atoms with Gasteiger partial charge in [-0.05, 0) is 75.6 Å². The van der Waals surface area contributed by atoms with Crippen LogP contribution in [0.2, 0.25) is 0 Å². The molecule has 0 bridgehead atoms. The fourth-order valence-corrected chi connectivity index (χ4v) is 4.17. The number of nitrogens with one attached hydrogen (secondary N) is 1. The number of benzene rings is 2. The van der Waals surface area contributed by atoms with Gasteiger partial charge in [0.05, 0.1) is 11.4 Å². The van der Waals surface area contributed by atoms with E-state index < -0.39 is 0 Å². The Morgan fingerprint density at radius 2 is 1.77 bits per heavy atom. The van der Waals surface area contributed by atoms with Crippen molar-refractivity contribution in [3.8, 4) is 5.69 Å². The monoisotopic (exact) mass is 402 g/mol. The number of fused-ring (bicyclic) bond motifs is 1. The summed E-state index contributed by atoms with van der Waals surface area (Å²) in [5, 5.41) is 7.63. The van der Waals surface area contributed by atoms with Crippen molar-refractivity contribution in [1.29, 1.82) is 0 Å². The molecule has 1 aliphatic rings. The van der Waals surface area contributed by atoms with Crippen LogP contribution in [0.3, 0.4) is 0 Å². The Bertz CT molecular complexity index is 1050. The van der Waals surface area contributed by atoms with Crippen molar-refractivity contribution in [2.24, 2.45) is 0 Å². The highest BCUT2D eigenvalue weighted by atomic mass is 16.1. The van der Waals surface area contributed by atoms with Crippen LogP contribution in [-0.4, -0.2) is 39.2 Å². The molecular formula is C25H30N4O. The summed E-state index contributed by atoms with van der Waals surface area (Å²) in [7, 11) is 0. The third-order valence-corrected chi connectivity index (χ3v) is 6.05. The summed E-state index contributed by atoms with van der Waals surface area (Å²) in [5.41, 5.74) is 6.41. The van der Waals surface area contributed by atoms with Crippen molar-refractivity contribution >= 4 is 5.91 Å². The third-order valence-electron chi connectivity index (χ3n) is 6.05. The highest BCUT2D eigenvalue weighted by Crippen LogP contribution is 2.25. The molecule has 2 aromatic carbocycles. The molecule has 5 nitrogen and oxygen atoms in total. The molecule has 1 aromatic heterocycles. The summed E-state index contributed by atoms with van der Waals surface area (Å²) in [4.78, 5) is 15.2. The van der Waals surface area contributed by atoms with Crippen LogP contribution in [0, 0.1) is 13.8 Å². The standard InChI is InChI=1S/C25H30N4O/c1-18-15-19(2)29(27-18)23-11-9-21(10-12-23)24(30)26-17-25(3,4)28-14-13-20-7-5-6-8-22(20)16-28/h5-12,15H,13-14,16-17H2,1-4H3,(H,26,30). The van der Waals surface area contributed by atoms with Gasteiger partial charge in [-0.3, -0.25) is 9.69 Å². The Morgan fingerprint density at radius 1 is 1.07 bits per heavy atom. The van der Waals surface area contributed by atoms with E-state index in [1.807, 2.05) is 48.9 Å². The second kappa shape index (κ2) is 8.07. The first-order valence-corrected chi connectivity index (χ1v) is 10.6. The Kier molecular flexibility index (Phi) is 5.48. The zero-order chi connectivity index (χ0) is 21.3. The van der Waals surface area contributed by atoms with E-state index in [4.69, 9.17) is 0 Å². The Morgan fingerprint density at radius 3 is 2.43 bits per heavy atom. The zero-order valence-corrected chi connectivity index (χ0v) is 18.3. The lowest BCUT2D eigenvalue weighted by atomic mass is 9.94. The molecule has 1 N–H and O–H groups in total. The van der Waals surface area contributed by atoms with E-state index >= 15 is 0 Å². The van der Waals surface area contributed by atoms with Gasteiger partial charge in [-0.2, -0.15) is 5.10 Å². The number of carbonyl (C=O) groups excluding carboxylic acids is 1. The number of rotatable bonds is 5. The van der Waals surface area contributed by atoms with Crippen LogP contribution in [0.25, 0.3) is 5.69 Å². The van der Waals surface area contributed by atoms with Crippen LogP contribution in [0.1, 0.15) is 46.7 Å². The lowest BCUT2D eigenvalue weighted by Crippen LogP contribution is -2.53. The van der Waals surface area contributed by atoms with Gasteiger partial charge in [0.1, 0.15) is 0 Å². The normalized spacial score (nSPS) is 14.4. The minimum absolute atomic E-state index is 0.0413. The predicted octanol–water partition coefficient (Wildman–Crippen LogP) is 4.06. The first-order valence-electron chi connectivity index (χ1n) is 10.6. The summed E-state index contributed by atoms with van der Waals surface area (Å²) in [6, 6.07) is 18.3. The van der Waals surface area contributed by atoms with E-state index in [0.717, 1.165) is 36.6 Å². The predicted molar refractivity (Wildman–Crippen MR) is 120 cm³/mol. The van der Waals surface area contributed by atoms with Crippen LogP contribution >= 0.6 is 0 Å². The van der Waals surface area contributed by atoms with Gasteiger partial charge in [0, 0.05) is 36.4 Å². The van der Waals surface area contributed by atoms with Crippen molar-refractivity contribution in [2.75, 3.05) is 13.1 Å². The summed E-state index contributed by atoms with van der Waals surface area (Å²) in [5.74, 6) is -0.0413. The second-order valence-corrected chi connectivity index (χ2v) is 8.82.